The van der Waals surface area contributed by atoms with Crippen LogP contribution in [0, 0.1) is 5.92 Å². The van der Waals surface area contributed by atoms with E-state index >= 15 is 0 Å². The summed E-state index contributed by atoms with van der Waals surface area (Å²) in [6, 6.07) is 0. The first-order valence-corrected chi connectivity index (χ1v) is 5.33. The van der Waals surface area contributed by atoms with Crippen LogP contribution in [0.4, 0.5) is 0 Å². The second-order valence-electron chi connectivity index (χ2n) is 3.97. The van der Waals surface area contributed by atoms with Crippen LogP contribution in [-0.4, -0.2) is 21.7 Å². The summed E-state index contributed by atoms with van der Waals surface area (Å²) >= 11 is 0. The van der Waals surface area contributed by atoms with Crippen LogP contribution in [0.2, 0.25) is 0 Å². The quantitative estimate of drug-likeness (QED) is 0.725. The minimum Gasteiger partial charge on any atom is -0.310 e. The average Bonchev–Trinajstić information content (AvgIpc) is 2.53. The molecule has 0 saturated heterocycles. The van der Waals surface area contributed by atoms with Gasteiger partial charge in [-0.1, -0.05) is 20.8 Å². The van der Waals surface area contributed by atoms with Crippen LogP contribution in [0.5, 0.6) is 0 Å². The van der Waals surface area contributed by atoms with Crippen molar-refractivity contribution in [2.24, 2.45) is 5.92 Å². The minimum absolute atomic E-state index is 0.674. The molecular weight excluding hydrogens is 176 g/mol. The molecule has 80 valence electrons. The molecule has 0 spiro atoms. The molecule has 0 bridgehead atoms. The first kappa shape index (κ1) is 11.2. The van der Waals surface area contributed by atoms with Crippen LogP contribution in [0.3, 0.4) is 0 Å². The Kier molecular flexibility index (Phi) is 4.59. The number of aryl methyl sites for hydroxylation is 1. The fourth-order valence-electron chi connectivity index (χ4n) is 1.23. The maximum Gasteiger partial charge on any atom is 0.150 e. The molecule has 0 aromatic carbocycles. The fraction of sp³-hybridized carbons (Fsp3) is 0.800. The van der Waals surface area contributed by atoms with E-state index in [-0.39, 0.29) is 0 Å². The molecule has 1 aromatic rings. The van der Waals surface area contributed by atoms with Crippen molar-refractivity contribution in [1.82, 2.24) is 20.5 Å². The summed E-state index contributed by atoms with van der Waals surface area (Å²) in [4.78, 5) is 4.37. The van der Waals surface area contributed by atoms with Gasteiger partial charge < -0.3 is 5.32 Å². The van der Waals surface area contributed by atoms with Crippen molar-refractivity contribution in [1.29, 1.82) is 0 Å². The van der Waals surface area contributed by atoms with Crippen molar-refractivity contribution < 1.29 is 0 Å². The molecule has 0 aliphatic rings. The summed E-state index contributed by atoms with van der Waals surface area (Å²) in [5.41, 5.74) is 0. The highest BCUT2D eigenvalue weighted by atomic mass is 15.2. The predicted molar refractivity (Wildman–Crippen MR) is 56.9 cm³/mol. The Bertz CT molecular complexity index is 254. The second kappa shape index (κ2) is 5.75. The minimum atomic E-state index is 0.674. The molecule has 1 rings (SSSR count). The highest BCUT2D eigenvalue weighted by Gasteiger charge is 2.01. The van der Waals surface area contributed by atoms with E-state index in [0.717, 1.165) is 37.6 Å². The maximum absolute atomic E-state index is 4.37. The van der Waals surface area contributed by atoms with Crippen molar-refractivity contribution in [3.63, 3.8) is 0 Å². The van der Waals surface area contributed by atoms with Crippen molar-refractivity contribution in [3.05, 3.63) is 11.6 Å². The molecule has 0 atom stereocenters. The van der Waals surface area contributed by atoms with E-state index in [1.165, 1.54) is 0 Å². The molecule has 0 unspecified atom stereocenters. The van der Waals surface area contributed by atoms with E-state index in [1.807, 2.05) is 0 Å². The monoisotopic (exact) mass is 196 g/mol. The molecule has 0 saturated carbocycles. The van der Waals surface area contributed by atoms with Crippen molar-refractivity contribution in [2.75, 3.05) is 6.54 Å². The molecule has 14 heavy (non-hydrogen) atoms. The third kappa shape index (κ3) is 3.87. The zero-order valence-corrected chi connectivity index (χ0v) is 9.30. The van der Waals surface area contributed by atoms with Gasteiger partial charge in [0.15, 0.2) is 5.82 Å². The summed E-state index contributed by atoms with van der Waals surface area (Å²) in [7, 11) is 0. The van der Waals surface area contributed by atoms with Crippen LogP contribution >= 0.6 is 0 Å². The number of hydrogen-bond donors (Lipinski definition) is 2. The first-order valence-electron chi connectivity index (χ1n) is 5.33. The van der Waals surface area contributed by atoms with Gasteiger partial charge >= 0.3 is 0 Å². The predicted octanol–water partition coefficient (Wildman–Crippen LogP) is 1.50. The summed E-state index contributed by atoms with van der Waals surface area (Å²) in [6.07, 6.45) is 2.05. The van der Waals surface area contributed by atoms with E-state index in [4.69, 9.17) is 0 Å². The normalized spacial score (nSPS) is 11.1. The Morgan fingerprint density at radius 3 is 2.86 bits per heavy atom. The largest absolute Gasteiger partial charge is 0.310 e. The first-order chi connectivity index (χ1) is 6.72. The summed E-state index contributed by atoms with van der Waals surface area (Å²) in [6.45, 7) is 8.32. The molecule has 0 radical (unpaired) electrons. The number of hydrogen-bond acceptors (Lipinski definition) is 3. The van der Waals surface area contributed by atoms with Gasteiger partial charge in [0.2, 0.25) is 0 Å². The molecular formula is C10H20N4. The summed E-state index contributed by atoms with van der Waals surface area (Å²) in [5, 5.41) is 10.4. The Balaban J connectivity index is 2.28. The van der Waals surface area contributed by atoms with Crippen molar-refractivity contribution in [2.45, 2.75) is 40.2 Å². The highest BCUT2D eigenvalue weighted by Crippen LogP contribution is 1.96. The Hall–Kier alpha value is -0.900. The standard InChI is InChI=1S/C10H20N4/c1-4-5-9-12-10(14-13-9)7-11-6-8(2)3/h8,11H,4-7H2,1-3H3,(H,12,13,14). The third-order valence-electron chi connectivity index (χ3n) is 1.90. The number of aromatic amines is 1. The van der Waals surface area contributed by atoms with E-state index in [0.29, 0.717) is 5.92 Å². The van der Waals surface area contributed by atoms with Crippen LogP contribution in [-0.2, 0) is 13.0 Å². The number of aromatic nitrogens is 3. The van der Waals surface area contributed by atoms with E-state index in [2.05, 4.69) is 41.3 Å². The van der Waals surface area contributed by atoms with Gasteiger partial charge in [-0.3, -0.25) is 5.10 Å². The molecule has 4 heteroatoms. The van der Waals surface area contributed by atoms with Crippen LogP contribution in [0.1, 0.15) is 38.8 Å². The molecule has 0 aliphatic carbocycles. The van der Waals surface area contributed by atoms with Gasteiger partial charge in [0.1, 0.15) is 5.82 Å². The van der Waals surface area contributed by atoms with Crippen LogP contribution in [0.25, 0.3) is 0 Å². The Labute approximate surface area is 85.5 Å². The molecule has 1 aromatic heterocycles. The average molecular weight is 196 g/mol. The topological polar surface area (TPSA) is 53.6 Å². The van der Waals surface area contributed by atoms with Crippen molar-refractivity contribution in [3.8, 4) is 0 Å². The van der Waals surface area contributed by atoms with E-state index in [1.54, 1.807) is 0 Å². The van der Waals surface area contributed by atoms with Gasteiger partial charge in [0.05, 0.1) is 6.54 Å². The Morgan fingerprint density at radius 1 is 1.43 bits per heavy atom. The van der Waals surface area contributed by atoms with Crippen LogP contribution in [0.15, 0.2) is 0 Å². The van der Waals surface area contributed by atoms with Gasteiger partial charge in [-0.15, -0.1) is 0 Å². The molecule has 0 aliphatic heterocycles. The number of nitrogens with one attached hydrogen (secondary N) is 2. The van der Waals surface area contributed by atoms with Gasteiger partial charge in [0, 0.05) is 6.42 Å². The van der Waals surface area contributed by atoms with Gasteiger partial charge in [-0.25, -0.2) is 4.98 Å². The number of nitrogens with zero attached hydrogens (tertiary/aromatic N) is 2. The molecule has 4 nitrogen and oxygen atoms in total. The highest BCUT2D eigenvalue weighted by molar-refractivity contribution is 4.89. The van der Waals surface area contributed by atoms with Crippen molar-refractivity contribution >= 4 is 0 Å². The Morgan fingerprint density at radius 2 is 2.21 bits per heavy atom. The van der Waals surface area contributed by atoms with Crippen LogP contribution < -0.4 is 5.32 Å². The molecule has 0 amide bonds. The zero-order chi connectivity index (χ0) is 10.4. The fourth-order valence-corrected chi connectivity index (χ4v) is 1.23. The SMILES string of the molecule is CCCc1n[nH]c(CNCC(C)C)n1. The number of rotatable bonds is 6. The molecule has 1 heterocycles. The van der Waals surface area contributed by atoms with Gasteiger partial charge in [-0.2, -0.15) is 5.10 Å². The van der Waals surface area contributed by atoms with E-state index in [9.17, 15) is 0 Å². The van der Waals surface area contributed by atoms with Gasteiger partial charge in [0.25, 0.3) is 0 Å². The molecule has 2 N–H and O–H groups in total. The zero-order valence-electron chi connectivity index (χ0n) is 9.30. The third-order valence-corrected chi connectivity index (χ3v) is 1.90. The number of H-pyrrole nitrogens is 1. The molecule has 0 fully saturated rings. The second-order valence-corrected chi connectivity index (χ2v) is 3.97. The lowest BCUT2D eigenvalue weighted by Crippen LogP contribution is -2.19. The smallest absolute Gasteiger partial charge is 0.150 e. The maximum atomic E-state index is 4.37. The summed E-state index contributed by atoms with van der Waals surface area (Å²) in [5.74, 6) is 2.54. The summed E-state index contributed by atoms with van der Waals surface area (Å²) < 4.78 is 0. The lowest BCUT2D eigenvalue weighted by Gasteiger charge is -2.04. The van der Waals surface area contributed by atoms with Gasteiger partial charge in [-0.05, 0) is 18.9 Å². The lowest BCUT2D eigenvalue weighted by molar-refractivity contribution is 0.543. The van der Waals surface area contributed by atoms with E-state index < -0.39 is 0 Å². The lowest BCUT2D eigenvalue weighted by atomic mass is 10.2.